The van der Waals surface area contributed by atoms with E-state index in [1.807, 2.05) is 24.3 Å². The second-order valence-corrected chi connectivity index (χ2v) is 4.72. The Kier molecular flexibility index (Phi) is 3.01. The summed E-state index contributed by atoms with van der Waals surface area (Å²) >= 11 is 5.87. The summed E-state index contributed by atoms with van der Waals surface area (Å²) in [6.45, 7) is 0.639. The van der Waals surface area contributed by atoms with Gasteiger partial charge < -0.3 is 10.4 Å². The molecule has 0 bridgehead atoms. The van der Waals surface area contributed by atoms with Crippen molar-refractivity contribution in [2.75, 3.05) is 5.32 Å². The number of aromatic nitrogens is 2. The van der Waals surface area contributed by atoms with Gasteiger partial charge in [-0.1, -0.05) is 17.7 Å². The first-order chi connectivity index (χ1) is 9.22. The molecular weight excluding hydrogens is 262 g/mol. The molecule has 3 N–H and O–H groups in total. The Hall–Kier alpha value is -2.20. The molecule has 5 heteroatoms. The molecule has 2 aromatic carbocycles. The first-order valence-corrected chi connectivity index (χ1v) is 6.24. The number of halogens is 1. The summed E-state index contributed by atoms with van der Waals surface area (Å²) in [4.78, 5) is 0. The lowest BCUT2D eigenvalue weighted by molar-refractivity contribution is 0.475. The Balaban J connectivity index is 1.75. The molecule has 0 spiro atoms. The molecule has 19 heavy (non-hydrogen) atoms. The maximum absolute atomic E-state index is 9.36. The number of H-pyrrole nitrogens is 1. The maximum Gasteiger partial charge on any atom is 0.134 e. The van der Waals surface area contributed by atoms with E-state index in [4.69, 9.17) is 11.6 Å². The van der Waals surface area contributed by atoms with Crippen molar-refractivity contribution in [1.29, 1.82) is 0 Å². The first kappa shape index (κ1) is 11.9. The van der Waals surface area contributed by atoms with Gasteiger partial charge in [0.15, 0.2) is 0 Å². The standard InChI is InChI=1S/C14H12ClN3O/c15-12-5-9(1-4-14(12)19)7-16-11-3-2-10-8-17-18-13(10)6-11/h1-6,8,16,19H,7H2,(H,17,18). The van der Waals surface area contributed by atoms with Crippen LogP contribution in [0.4, 0.5) is 5.69 Å². The van der Waals surface area contributed by atoms with Gasteiger partial charge in [0.1, 0.15) is 5.75 Å². The summed E-state index contributed by atoms with van der Waals surface area (Å²) in [5.74, 6) is 0.101. The summed E-state index contributed by atoms with van der Waals surface area (Å²) in [6.07, 6.45) is 1.79. The molecule has 0 aliphatic carbocycles. The van der Waals surface area contributed by atoms with Gasteiger partial charge in [-0.05, 0) is 35.9 Å². The molecule has 96 valence electrons. The zero-order valence-corrected chi connectivity index (χ0v) is 10.8. The third-order valence-corrected chi connectivity index (χ3v) is 3.25. The largest absolute Gasteiger partial charge is 0.506 e. The summed E-state index contributed by atoms with van der Waals surface area (Å²) in [5.41, 5.74) is 3.00. The van der Waals surface area contributed by atoms with Crippen molar-refractivity contribution in [1.82, 2.24) is 10.2 Å². The number of fused-ring (bicyclic) bond motifs is 1. The number of hydrogen-bond donors (Lipinski definition) is 3. The van der Waals surface area contributed by atoms with Crippen LogP contribution in [0.5, 0.6) is 5.75 Å². The second kappa shape index (κ2) is 4.82. The lowest BCUT2D eigenvalue weighted by Crippen LogP contribution is -1.99. The Bertz CT molecular complexity index is 724. The quantitative estimate of drug-likeness (QED) is 0.684. The van der Waals surface area contributed by atoms with Crippen LogP contribution in [0.15, 0.2) is 42.6 Å². The molecule has 3 aromatic rings. The van der Waals surface area contributed by atoms with Gasteiger partial charge in [-0.25, -0.2) is 0 Å². The van der Waals surface area contributed by atoms with Crippen molar-refractivity contribution in [3.8, 4) is 5.75 Å². The Morgan fingerprint density at radius 2 is 2.11 bits per heavy atom. The van der Waals surface area contributed by atoms with Crippen molar-refractivity contribution < 1.29 is 5.11 Å². The third-order valence-electron chi connectivity index (χ3n) is 2.95. The minimum Gasteiger partial charge on any atom is -0.506 e. The number of hydrogen-bond acceptors (Lipinski definition) is 3. The van der Waals surface area contributed by atoms with E-state index in [2.05, 4.69) is 15.5 Å². The fraction of sp³-hybridized carbons (Fsp3) is 0.0714. The summed E-state index contributed by atoms with van der Waals surface area (Å²) in [6, 6.07) is 11.2. The van der Waals surface area contributed by atoms with Gasteiger partial charge in [-0.15, -0.1) is 0 Å². The van der Waals surface area contributed by atoms with Gasteiger partial charge in [0, 0.05) is 17.6 Å². The Labute approximate surface area is 115 Å². The van der Waals surface area contributed by atoms with Crippen LogP contribution in [0.3, 0.4) is 0 Å². The Morgan fingerprint density at radius 1 is 1.21 bits per heavy atom. The van der Waals surface area contributed by atoms with Crippen LogP contribution >= 0.6 is 11.6 Å². The number of nitrogens with zero attached hydrogens (tertiary/aromatic N) is 1. The number of anilines is 1. The highest BCUT2D eigenvalue weighted by Crippen LogP contribution is 2.24. The minimum absolute atomic E-state index is 0.101. The molecule has 0 amide bonds. The van der Waals surface area contributed by atoms with Crippen LogP contribution in [-0.2, 0) is 6.54 Å². The van der Waals surface area contributed by atoms with E-state index < -0.39 is 0 Å². The summed E-state index contributed by atoms with van der Waals surface area (Å²) < 4.78 is 0. The van der Waals surface area contributed by atoms with Crippen molar-refractivity contribution in [3.05, 3.63) is 53.2 Å². The van der Waals surface area contributed by atoms with Crippen LogP contribution in [-0.4, -0.2) is 15.3 Å². The van der Waals surface area contributed by atoms with E-state index in [-0.39, 0.29) is 5.75 Å². The fourth-order valence-corrected chi connectivity index (χ4v) is 2.11. The van der Waals surface area contributed by atoms with Crippen molar-refractivity contribution in [3.63, 3.8) is 0 Å². The molecule has 0 fully saturated rings. The van der Waals surface area contributed by atoms with Crippen molar-refractivity contribution >= 4 is 28.2 Å². The fourth-order valence-electron chi connectivity index (χ4n) is 1.91. The predicted octanol–water partition coefficient (Wildman–Crippen LogP) is 3.53. The molecule has 1 heterocycles. The highest BCUT2D eigenvalue weighted by Gasteiger charge is 2.01. The average Bonchev–Trinajstić information content (AvgIpc) is 2.87. The van der Waals surface area contributed by atoms with Gasteiger partial charge in [0.2, 0.25) is 0 Å². The van der Waals surface area contributed by atoms with Crippen molar-refractivity contribution in [2.24, 2.45) is 0 Å². The molecule has 0 aliphatic rings. The molecule has 0 unspecified atom stereocenters. The third kappa shape index (κ3) is 2.48. The minimum atomic E-state index is 0.101. The van der Waals surface area contributed by atoms with Crippen LogP contribution in [0.25, 0.3) is 10.9 Å². The SMILES string of the molecule is Oc1ccc(CNc2ccc3cn[nH]c3c2)cc1Cl. The molecule has 3 rings (SSSR count). The monoisotopic (exact) mass is 273 g/mol. The number of nitrogens with one attached hydrogen (secondary N) is 2. The topological polar surface area (TPSA) is 60.9 Å². The van der Waals surface area contributed by atoms with Crippen LogP contribution in [0.1, 0.15) is 5.56 Å². The van der Waals surface area contributed by atoms with Gasteiger partial charge in [-0.3, -0.25) is 5.10 Å². The van der Waals surface area contributed by atoms with E-state index in [9.17, 15) is 5.11 Å². The number of rotatable bonds is 3. The zero-order chi connectivity index (χ0) is 13.2. The second-order valence-electron chi connectivity index (χ2n) is 4.31. The van der Waals surface area contributed by atoms with Gasteiger partial charge in [0.05, 0.1) is 16.7 Å². The maximum atomic E-state index is 9.36. The molecule has 0 aliphatic heterocycles. The van der Waals surface area contributed by atoms with Crippen LogP contribution in [0.2, 0.25) is 5.02 Å². The predicted molar refractivity (Wildman–Crippen MR) is 76.5 cm³/mol. The van der Waals surface area contributed by atoms with Crippen LogP contribution < -0.4 is 5.32 Å². The van der Waals surface area contributed by atoms with E-state index in [0.717, 1.165) is 22.2 Å². The zero-order valence-electron chi connectivity index (χ0n) is 10.0. The summed E-state index contributed by atoms with van der Waals surface area (Å²) in [7, 11) is 0. The average molecular weight is 274 g/mol. The van der Waals surface area contributed by atoms with Gasteiger partial charge in [0.25, 0.3) is 0 Å². The van der Waals surface area contributed by atoms with Crippen molar-refractivity contribution in [2.45, 2.75) is 6.54 Å². The number of phenolic OH excluding ortho intramolecular Hbond substituents is 1. The van der Waals surface area contributed by atoms with Crippen LogP contribution in [0, 0.1) is 0 Å². The molecule has 1 aromatic heterocycles. The lowest BCUT2D eigenvalue weighted by Gasteiger charge is -2.07. The molecule has 0 atom stereocenters. The number of benzene rings is 2. The molecule has 4 nitrogen and oxygen atoms in total. The normalized spacial score (nSPS) is 10.8. The van der Waals surface area contributed by atoms with E-state index in [1.54, 1.807) is 18.3 Å². The number of aromatic hydroxyl groups is 1. The smallest absolute Gasteiger partial charge is 0.134 e. The molecular formula is C14H12ClN3O. The molecule has 0 saturated heterocycles. The highest BCUT2D eigenvalue weighted by atomic mass is 35.5. The van der Waals surface area contributed by atoms with Gasteiger partial charge >= 0.3 is 0 Å². The van der Waals surface area contributed by atoms with E-state index in [1.165, 1.54) is 0 Å². The van der Waals surface area contributed by atoms with E-state index in [0.29, 0.717) is 11.6 Å². The molecule has 0 radical (unpaired) electrons. The highest BCUT2D eigenvalue weighted by molar-refractivity contribution is 6.32. The van der Waals surface area contributed by atoms with E-state index >= 15 is 0 Å². The lowest BCUT2D eigenvalue weighted by atomic mass is 10.2. The Morgan fingerprint density at radius 3 is 2.95 bits per heavy atom. The number of phenols is 1. The van der Waals surface area contributed by atoms with Gasteiger partial charge in [-0.2, -0.15) is 5.10 Å². The number of aromatic amines is 1. The molecule has 0 saturated carbocycles. The first-order valence-electron chi connectivity index (χ1n) is 5.87. The summed E-state index contributed by atoms with van der Waals surface area (Å²) in [5, 5.41) is 21.0.